The molecule has 3 aromatic rings. The molecule has 0 saturated heterocycles. The molecule has 28 heavy (non-hydrogen) atoms. The van der Waals surface area contributed by atoms with Crippen LogP contribution in [0.5, 0.6) is 0 Å². The molecule has 0 aliphatic rings. The molecule has 0 aliphatic heterocycles. The van der Waals surface area contributed by atoms with Crippen molar-refractivity contribution in [2.24, 2.45) is 0 Å². The average Bonchev–Trinajstić information content (AvgIpc) is 2.70. The molecule has 3 aromatic carbocycles. The van der Waals surface area contributed by atoms with E-state index >= 15 is 0 Å². The Kier molecular flexibility index (Phi) is 5.23. The molecule has 1 unspecified atom stereocenters. The molecule has 1 atom stereocenters. The molecule has 0 saturated carbocycles. The van der Waals surface area contributed by atoms with Crippen LogP contribution < -0.4 is 15.6 Å². The van der Waals surface area contributed by atoms with Crippen molar-refractivity contribution < 1.29 is 0 Å². The van der Waals surface area contributed by atoms with E-state index in [-0.39, 0.29) is 5.04 Å². The average molecular weight is 381 g/mol. The number of hydrogen-bond donors (Lipinski definition) is 0. The van der Waals surface area contributed by atoms with Gasteiger partial charge in [0.05, 0.1) is 18.2 Å². The fourth-order valence-corrected chi connectivity index (χ4v) is 9.78. The van der Waals surface area contributed by atoms with Gasteiger partial charge in [-0.3, -0.25) is 0 Å². The highest BCUT2D eigenvalue weighted by molar-refractivity contribution is 7.13. The zero-order valence-corrected chi connectivity index (χ0v) is 17.8. The fraction of sp³-hybridized carbons (Fsp3) is 0.200. The maximum atomic E-state index is 9.25. The van der Waals surface area contributed by atoms with Crippen molar-refractivity contribution in [1.29, 1.82) is 5.26 Å². The van der Waals surface area contributed by atoms with E-state index in [9.17, 15) is 5.26 Å². The van der Waals surface area contributed by atoms with Crippen molar-refractivity contribution >= 4 is 29.3 Å². The molecule has 0 radical (unpaired) electrons. The first-order chi connectivity index (χ1) is 13.3. The third kappa shape index (κ3) is 3.26. The van der Waals surface area contributed by atoms with Gasteiger partial charge in [0.15, 0.2) is 13.8 Å². The summed E-state index contributed by atoms with van der Waals surface area (Å²) in [5.41, 5.74) is 2.57. The standard InChI is InChI=1S/C25H24N2Si/c1-19-6-12-22(13-7-19)28(25(2,3)4,23-14-8-20(18-26)9-15-23)24-16-10-21(27-5)11-17-24/h6-17H,1-4H3. The summed E-state index contributed by atoms with van der Waals surface area (Å²) in [5, 5.41) is 13.1. The summed E-state index contributed by atoms with van der Waals surface area (Å²) in [5.74, 6) is 0. The number of nitrogens with zero attached hydrogens (tertiary/aromatic N) is 2. The Balaban J connectivity index is 2.39. The molecule has 0 aliphatic carbocycles. The van der Waals surface area contributed by atoms with Crippen LogP contribution in [-0.4, -0.2) is 8.07 Å². The molecule has 0 heterocycles. The lowest BCUT2D eigenvalue weighted by Gasteiger charge is -2.44. The maximum absolute atomic E-state index is 9.25. The van der Waals surface area contributed by atoms with Gasteiger partial charge in [0.1, 0.15) is 0 Å². The molecule has 0 spiro atoms. The summed E-state index contributed by atoms with van der Waals surface area (Å²) in [4.78, 5) is 3.57. The topological polar surface area (TPSA) is 28.1 Å². The van der Waals surface area contributed by atoms with Crippen molar-refractivity contribution in [2.45, 2.75) is 32.7 Å². The Bertz CT molecular complexity index is 985. The van der Waals surface area contributed by atoms with Crippen LogP contribution in [0.2, 0.25) is 5.04 Å². The minimum absolute atomic E-state index is 0.0178. The maximum Gasteiger partial charge on any atom is 0.187 e. The van der Waals surface area contributed by atoms with Crippen molar-refractivity contribution in [3.05, 3.63) is 95.3 Å². The lowest BCUT2D eigenvalue weighted by atomic mass is 10.2. The van der Waals surface area contributed by atoms with Gasteiger partial charge in [-0.05, 0) is 34.5 Å². The number of rotatable bonds is 3. The van der Waals surface area contributed by atoms with Crippen LogP contribution in [0.25, 0.3) is 4.85 Å². The monoisotopic (exact) mass is 380 g/mol. The van der Waals surface area contributed by atoms with Gasteiger partial charge in [0.2, 0.25) is 0 Å². The van der Waals surface area contributed by atoms with E-state index in [1.807, 2.05) is 24.3 Å². The molecule has 138 valence electrons. The Morgan fingerprint density at radius 2 is 1.21 bits per heavy atom. The first kappa shape index (κ1) is 19.6. The van der Waals surface area contributed by atoms with E-state index < -0.39 is 8.07 Å². The number of nitriles is 1. The molecule has 2 nitrogen and oxygen atoms in total. The molecular weight excluding hydrogens is 356 g/mol. The summed E-state index contributed by atoms with van der Waals surface area (Å²) in [6.45, 7) is 16.3. The first-order valence-electron chi connectivity index (χ1n) is 9.38. The molecule has 0 N–H and O–H groups in total. The van der Waals surface area contributed by atoms with E-state index in [4.69, 9.17) is 6.57 Å². The zero-order chi connectivity index (χ0) is 20.4. The van der Waals surface area contributed by atoms with E-state index in [1.165, 1.54) is 21.1 Å². The second kappa shape index (κ2) is 7.47. The minimum Gasteiger partial charge on any atom is -0.238 e. The summed E-state index contributed by atoms with van der Waals surface area (Å²) < 4.78 is 0. The summed E-state index contributed by atoms with van der Waals surface area (Å²) in [6, 6.07) is 27.3. The minimum atomic E-state index is -2.43. The van der Waals surface area contributed by atoms with Gasteiger partial charge in [-0.25, -0.2) is 4.85 Å². The Morgan fingerprint density at radius 3 is 1.61 bits per heavy atom. The molecule has 3 heteroatoms. The Hall–Kier alpha value is -3.14. The van der Waals surface area contributed by atoms with Gasteiger partial charge in [-0.1, -0.05) is 92.2 Å². The van der Waals surface area contributed by atoms with Gasteiger partial charge < -0.3 is 0 Å². The van der Waals surface area contributed by atoms with Crippen molar-refractivity contribution in [3.8, 4) is 6.07 Å². The van der Waals surface area contributed by atoms with Gasteiger partial charge >= 0.3 is 0 Å². The van der Waals surface area contributed by atoms with Crippen molar-refractivity contribution in [3.63, 3.8) is 0 Å². The van der Waals surface area contributed by atoms with Crippen LogP contribution in [0.4, 0.5) is 5.69 Å². The lowest BCUT2D eigenvalue weighted by Crippen LogP contribution is -2.72. The van der Waals surface area contributed by atoms with Crippen LogP contribution in [0.3, 0.4) is 0 Å². The zero-order valence-electron chi connectivity index (χ0n) is 16.8. The predicted octanol–water partition coefficient (Wildman–Crippen LogP) is 4.69. The van der Waals surface area contributed by atoms with Crippen LogP contribution in [0.1, 0.15) is 31.9 Å². The van der Waals surface area contributed by atoms with Crippen LogP contribution in [0, 0.1) is 24.8 Å². The quantitative estimate of drug-likeness (QED) is 0.368. The van der Waals surface area contributed by atoms with E-state index in [0.717, 1.165) is 0 Å². The fourth-order valence-electron chi connectivity index (χ4n) is 4.18. The highest BCUT2D eigenvalue weighted by Gasteiger charge is 2.49. The van der Waals surface area contributed by atoms with Crippen LogP contribution in [-0.2, 0) is 0 Å². The molecular formula is C25H24N2Si. The van der Waals surface area contributed by atoms with Gasteiger partial charge in [-0.2, -0.15) is 5.26 Å². The van der Waals surface area contributed by atoms with E-state index in [2.05, 4.69) is 87.1 Å². The largest absolute Gasteiger partial charge is 0.238 e. The Morgan fingerprint density at radius 1 is 0.786 bits per heavy atom. The smallest absolute Gasteiger partial charge is 0.187 e. The van der Waals surface area contributed by atoms with Crippen molar-refractivity contribution in [1.82, 2.24) is 0 Å². The SMILES string of the molecule is [C-]#[N+]c1ccc([Si](c2ccc(C)cc2)(c2ccc(C#N)cc2)C(C)(C)C)cc1. The van der Waals surface area contributed by atoms with E-state index in [0.29, 0.717) is 11.3 Å². The number of aryl methyl sites for hydroxylation is 1. The van der Waals surface area contributed by atoms with Crippen molar-refractivity contribution in [2.75, 3.05) is 0 Å². The second-order valence-electron chi connectivity index (χ2n) is 8.21. The predicted molar refractivity (Wildman–Crippen MR) is 119 cm³/mol. The van der Waals surface area contributed by atoms with E-state index in [1.54, 1.807) is 0 Å². The number of benzene rings is 3. The molecule has 0 amide bonds. The van der Waals surface area contributed by atoms with Gasteiger partial charge in [0.25, 0.3) is 0 Å². The normalized spacial score (nSPS) is 13.2. The third-order valence-corrected chi connectivity index (χ3v) is 11.3. The second-order valence-corrected chi connectivity index (χ2v) is 12.9. The van der Waals surface area contributed by atoms with Gasteiger partial charge in [0, 0.05) is 0 Å². The first-order valence-corrected chi connectivity index (χ1v) is 11.4. The lowest BCUT2D eigenvalue weighted by molar-refractivity contribution is 0.739. The molecule has 0 bridgehead atoms. The van der Waals surface area contributed by atoms with Gasteiger partial charge in [-0.15, -0.1) is 0 Å². The number of hydrogen-bond acceptors (Lipinski definition) is 1. The highest BCUT2D eigenvalue weighted by Crippen LogP contribution is 2.36. The highest BCUT2D eigenvalue weighted by atomic mass is 28.3. The Labute approximate surface area is 168 Å². The molecule has 0 fully saturated rings. The summed E-state index contributed by atoms with van der Waals surface area (Å²) in [7, 11) is -2.43. The molecule has 0 aromatic heterocycles. The molecule has 3 rings (SSSR count). The summed E-state index contributed by atoms with van der Waals surface area (Å²) in [6.07, 6.45) is 0. The van der Waals surface area contributed by atoms with Crippen LogP contribution >= 0.6 is 0 Å². The third-order valence-electron chi connectivity index (χ3n) is 5.49. The van der Waals surface area contributed by atoms with Crippen LogP contribution in [0.15, 0.2) is 72.8 Å². The summed E-state index contributed by atoms with van der Waals surface area (Å²) >= 11 is 0.